The third kappa shape index (κ3) is 4.35. The second-order valence-corrected chi connectivity index (χ2v) is 8.11. The minimum atomic E-state index is -3.90. The lowest BCUT2D eigenvalue weighted by Crippen LogP contribution is -2.38. The maximum Gasteiger partial charge on any atom is 0.263 e. The quantitative estimate of drug-likeness (QED) is 0.834. The summed E-state index contributed by atoms with van der Waals surface area (Å²) in [5, 5.41) is -0.163. The average molecular weight is 399 g/mol. The van der Waals surface area contributed by atoms with Gasteiger partial charge in [-0.05, 0) is 42.4 Å². The van der Waals surface area contributed by atoms with Gasteiger partial charge in [0, 0.05) is 18.8 Å². The van der Waals surface area contributed by atoms with Crippen LogP contribution in [0.1, 0.15) is 18.6 Å². The van der Waals surface area contributed by atoms with Gasteiger partial charge in [-0.25, -0.2) is 12.8 Å². The maximum absolute atomic E-state index is 13.1. The first-order valence-electron chi connectivity index (χ1n) is 8.31. The number of sulfonamides is 1. The van der Waals surface area contributed by atoms with E-state index in [9.17, 15) is 12.8 Å². The van der Waals surface area contributed by atoms with Crippen LogP contribution in [0.2, 0.25) is 5.02 Å². The van der Waals surface area contributed by atoms with E-state index in [1.807, 2.05) is 12.1 Å². The molecule has 26 heavy (non-hydrogen) atoms. The molecule has 1 heterocycles. The van der Waals surface area contributed by atoms with Crippen LogP contribution in [0.25, 0.3) is 0 Å². The molecule has 3 rings (SSSR count). The smallest absolute Gasteiger partial charge is 0.263 e. The van der Waals surface area contributed by atoms with E-state index in [4.69, 9.17) is 16.3 Å². The van der Waals surface area contributed by atoms with Crippen molar-refractivity contribution < 1.29 is 17.5 Å². The Bertz CT molecular complexity index is 875. The molecule has 2 aromatic carbocycles. The Balaban J connectivity index is 1.74. The fourth-order valence-corrected chi connectivity index (χ4v) is 4.45. The zero-order valence-electron chi connectivity index (χ0n) is 14.3. The molecular formula is C18H20ClFN2O3S. The zero-order chi connectivity index (χ0) is 18.7. The van der Waals surface area contributed by atoms with Gasteiger partial charge in [0.2, 0.25) is 0 Å². The second kappa shape index (κ2) is 7.92. The highest BCUT2D eigenvalue weighted by Gasteiger charge is 2.22. The summed E-state index contributed by atoms with van der Waals surface area (Å²) in [5.41, 5.74) is 1.39. The highest BCUT2D eigenvalue weighted by Crippen LogP contribution is 2.27. The van der Waals surface area contributed by atoms with Crippen molar-refractivity contribution in [3.63, 3.8) is 0 Å². The van der Waals surface area contributed by atoms with Crippen molar-refractivity contribution in [3.05, 3.63) is 58.9 Å². The molecule has 5 nitrogen and oxygen atoms in total. The van der Waals surface area contributed by atoms with Gasteiger partial charge in [-0.2, -0.15) is 0 Å². The minimum absolute atomic E-state index is 0.0269. The monoisotopic (exact) mass is 398 g/mol. The second-order valence-electron chi connectivity index (χ2n) is 6.05. The van der Waals surface area contributed by atoms with Crippen LogP contribution in [-0.4, -0.2) is 39.6 Å². The Morgan fingerprint density at radius 2 is 2.00 bits per heavy atom. The lowest BCUT2D eigenvalue weighted by atomic mass is 10.1. The molecule has 8 heteroatoms. The zero-order valence-corrected chi connectivity index (χ0v) is 15.9. The average Bonchev–Trinajstić information content (AvgIpc) is 2.61. The number of ether oxygens (including phenoxy) is 1. The summed E-state index contributed by atoms with van der Waals surface area (Å²) in [6.45, 7) is 5.49. The van der Waals surface area contributed by atoms with Gasteiger partial charge in [0.1, 0.15) is 10.7 Å². The summed E-state index contributed by atoms with van der Waals surface area (Å²) in [5.74, 6) is -0.591. The largest absolute Gasteiger partial charge is 0.371 e. The van der Waals surface area contributed by atoms with Crippen LogP contribution in [0.5, 0.6) is 0 Å². The van der Waals surface area contributed by atoms with E-state index in [0.29, 0.717) is 12.3 Å². The van der Waals surface area contributed by atoms with Gasteiger partial charge in [-0.15, -0.1) is 0 Å². The summed E-state index contributed by atoms with van der Waals surface area (Å²) in [4.78, 5) is 2.14. The van der Waals surface area contributed by atoms with E-state index in [1.165, 1.54) is 0 Å². The Kier molecular flexibility index (Phi) is 5.82. The highest BCUT2D eigenvalue weighted by atomic mass is 35.5. The van der Waals surface area contributed by atoms with E-state index in [0.717, 1.165) is 43.4 Å². The van der Waals surface area contributed by atoms with Gasteiger partial charge < -0.3 is 4.74 Å². The van der Waals surface area contributed by atoms with Crippen LogP contribution < -0.4 is 4.72 Å². The summed E-state index contributed by atoms with van der Waals surface area (Å²) in [6, 6.07) is 10.2. The molecule has 140 valence electrons. The molecule has 0 amide bonds. The van der Waals surface area contributed by atoms with E-state index < -0.39 is 15.8 Å². The summed E-state index contributed by atoms with van der Waals surface area (Å²) >= 11 is 5.85. The molecule has 0 aliphatic carbocycles. The third-order valence-electron chi connectivity index (χ3n) is 4.32. The molecular weight excluding hydrogens is 379 g/mol. The Hall–Kier alpha value is -1.67. The van der Waals surface area contributed by atoms with Crippen molar-refractivity contribution in [1.82, 2.24) is 4.90 Å². The number of benzene rings is 2. The molecule has 1 aliphatic rings. The molecule has 0 bridgehead atoms. The fraction of sp³-hybridized carbons (Fsp3) is 0.333. The molecule has 2 aromatic rings. The van der Waals surface area contributed by atoms with Crippen LogP contribution in [0, 0.1) is 5.82 Å². The first kappa shape index (κ1) is 19.1. The van der Waals surface area contributed by atoms with Gasteiger partial charge in [0.25, 0.3) is 10.0 Å². The number of halogens is 2. The Morgan fingerprint density at radius 3 is 2.65 bits per heavy atom. The van der Waals surface area contributed by atoms with Crippen LogP contribution >= 0.6 is 11.6 Å². The summed E-state index contributed by atoms with van der Waals surface area (Å²) in [6.07, 6.45) is -0.0269. The van der Waals surface area contributed by atoms with E-state index in [2.05, 4.69) is 16.5 Å². The molecule has 0 saturated carbocycles. The highest BCUT2D eigenvalue weighted by molar-refractivity contribution is 7.92. The lowest BCUT2D eigenvalue weighted by Gasteiger charge is -2.32. The summed E-state index contributed by atoms with van der Waals surface area (Å²) in [7, 11) is -3.90. The summed E-state index contributed by atoms with van der Waals surface area (Å²) < 4.78 is 46.3. The third-order valence-corrected chi connectivity index (χ3v) is 6.18. The molecule has 1 unspecified atom stereocenters. The SMILES string of the molecule is CCN1CCOC(c2ccc(NS(=O)(=O)c3ccc(F)cc3Cl)cc2)C1. The number of likely N-dealkylation sites (N-methyl/N-ethyl adjacent to an activating group) is 1. The van der Waals surface area contributed by atoms with Gasteiger partial charge in [-0.3, -0.25) is 9.62 Å². The van der Waals surface area contributed by atoms with Crippen LogP contribution in [0.3, 0.4) is 0 Å². The topological polar surface area (TPSA) is 58.6 Å². The van der Waals surface area contributed by atoms with Crippen LogP contribution in [-0.2, 0) is 14.8 Å². The lowest BCUT2D eigenvalue weighted by molar-refractivity contribution is -0.0281. The first-order chi connectivity index (χ1) is 12.4. The van der Waals surface area contributed by atoms with Crippen LogP contribution in [0.15, 0.2) is 47.4 Å². The first-order valence-corrected chi connectivity index (χ1v) is 10.2. The standard InChI is InChI=1S/C18H20ClFN2O3S/c1-2-22-9-10-25-17(12-22)13-3-6-15(7-4-13)21-26(23,24)18-8-5-14(20)11-16(18)19/h3-8,11,17,21H,2,9-10,12H2,1H3. The van der Waals surface area contributed by atoms with Crippen molar-refractivity contribution in [2.45, 2.75) is 17.9 Å². The Morgan fingerprint density at radius 1 is 1.27 bits per heavy atom. The van der Waals surface area contributed by atoms with Gasteiger partial charge in [0.05, 0.1) is 17.7 Å². The molecule has 1 N–H and O–H groups in total. The van der Waals surface area contributed by atoms with E-state index >= 15 is 0 Å². The van der Waals surface area contributed by atoms with E-state index in [1.54, 1.807) is 12.1 Å². The minimum Gasteiger partial charge on any atom is -0.371 e. The number of hydrogen-bond acceptors (Lipinski definition) is 4. The van der Waals surface area contributed by atoms with Gasteiger partial charge >= 0.3 is 0 Å². The number of rotatable bonds is 5. The predicted molar refractivity (Wildman–Crippen MR) is 99.5 cm³/mol. The fourth-order valence-electron chi connectivity index (χ4n) is 2.86. The molecule has 0 spiro atoms. The van der Waals surface area contributed by atoms with Crippen molar-refractivity contribution in [2.24, 2.45) is 0 Å². The number of hydrogen-bond donors (Lipinski definition) is 1. The van der Waals surface area contributed by atoms with Crippen LogP contribution in [0.4, 0.5) is 10.1 Å². The molecule has 1 atom stereocenters. The number of anilines is 1. The molecule has 1 fully saturated rings. The van der Waals surface area contributed by atoms with Gasteiger partial charge in [-0.1, -0.05) is 30.7 Å². The molecule has 1 saturated heterocycles. The van der Waals surface area contributed by atoms with Crippen molar-refractivity contribution in [2.75, 3.05) is 31.0 Å². The number of nitrogens with zero attached hydrogens (tertiary/aromatic N) is 1. The number of morpholine rings is 1. The molecule has 0 aromatic heterocycles. The Labute approximate surface area is 157 Å². The van der Waals surface area contributed by atoms with Crippen molar-refractivity contribution in [3.8, 4) is 0 Å². The molecule has 1 aliphatic heterocycles. The normalized spacial score (nSPS) is 18.7. The number of nitrogens with one attached hydrogen (secondary N) is 1. The maximum atomic E-state index is 13.1. The van der Waals surface area contributed by atoms with Gasteiger partial charge in [0.15, 0.2) is 0 Å². The molecule has 0 radical (unpaired) electrons. The van der Waals surface area contributed by atoms with E-state index in [-0.39, 0.29) is 16.0 Å². The predicted octanol–water partition coefficient (Wildman–Crippen LogP) is 3.67. The van der Waals surface area contributed by atoms with Crippen molar-refractivity contribution in [1.29, 1.82) is 0 Å². The van der Waals surface area contributed by atoms with Crippen molar-refractivity contribution >= 4 is 27.3 Å².